The van der Waals surface area contributed by atoms with E-state index in [9.17, 15) is 13.5 Å². The Kier molecular flexibility index (Phi) is 6.05. The zero-order valence-electron chi connectivity index (χ0n) is 14.4. The highest BCUT2D eigenvalue weighted by Gasteiger charge is 2.23. The maximum atomic E-state index is 11.6. The second-order valence-electron chi connectivity index (χ2n) is 6.59. The number of nitrogens with one attached hydrogen (secondary N) is 2. The molecule has 0 aliphatic carbocycles. The molecular weight excluding hydrogens is 578 g/mol. The van der Waals surface area contributed by atoms with E-state index in [1.807, 2.05) is 0 Å². The maximum Gasteiger partial charge on any atom is 0.229 e. The average molecular weight is 598 g/mol. The fourth-order valence-corrected chi connectivity index (χ4v) is 5.66. The highest BCUT2D eigenvalue weighted by atomic mass is 127. The van der Waals surface area contributed by atoms with Crippen LogP contribution in [0.1, 0.15) is 28.3 Å². The lowest BCUT2D eigenvalue weighted by Gasteiger charge is -2.28. The summed E-state index contributed by atoms with van der Waals surface area (Å²) in [4.78, 5) is 0. The van der Waals surface area contributed by atoms with Crippen molar-refractivity contribution in [3.8, 4) is 5.75 Å². The molecule has 0 saturated carbocycles. The zero-order chi connectivity index (χ0) is 19.1. The number of phenols is 1. The van der Waals surface area contributed by atoms with Crippen molar-refractivity contribution in [2.45, 2.75) is 25.8 Å². The normalized spacial score (nSPS) is 17.0. The number of aromatic hydroxyl groups is 1. The molecule has 140 valence electrons. The molecule has 0 saturated heterocycles. The van der Waals surface area contributed by atoms with Crippen LogP contribution in [0.2, 0.25) is 0 Å². The van der Waals surface area contributed by atoms with E-state index in [0.717, 1.165) is 36.8 Å². The fourth-order valence-electron chi connectivity index (χ4n) is 3.20. The van der Waals surface area contributed by atoms with Crippen LogP contribution in [0.5, 0.6) is 5.75 Å². The number of sulfonamides is 1. The van der Waals surface area contributed by atoms with Crippen molar-refractivity contribution in [1.82, 2.24) is 5.32 Å². The smallest absolute Gasteiger partial charge is 0.229 e. The van der Waals surface area contributed by atoms with E-state index >= 15 is 0 Å². The van der Waals surface area contributed by atoms with Crippen molar-refractivity contribution in [3.63, 3.8) is 0 Å². The van der Waals surface area contributed by atoms with Crippen LogP contribution in [0.4, 0.5) is 5.69 Å². The molecule has 0 radical (unpaired) electrons. The van der Waals surface area contributed by atoms with Gasteiger partial charge in [0.2, 0.25) is 10.0 Å². The number of fused-ring (bicyclic) bond motifs is 1. The standard InChI is InChI=1S/C18H20I2N2O3S/c1-10-14(19)5-11(6-15(10)20)7-16-13-9-17(22-26(2,24)25)18(23)8-12(13)3-4-21-16/h5-6,8-9,16,21-23H,3-4,7H2,1-2H3. The predicted molar refractivity (Wildman–Crippen MR) is 121 cm³/mol. The largest absolute Gasteiger partial charge is 0.506 e. The summed E-state index contributed by atoms with van der Waals surface area (Å²) in [7, 11) is -3.45. The molecule has 1 aliphatic heterocycles. The minimum absolute atomic E-state index is 0.0331. The van der Waals surface area contributed by atoms with Gasteiger partial charge in [0, 0.05) is 13.2 Å². The SMILES string of the molecule is Cc1c(I)cc(CC2NCCc3cc(O)c(NS(C)(=O)=O)cc32)cc1I. The quantitative estimate of drug-likeness (QED) is 0.371. The number of hydrogen-bond acceptors (Lipinski definition) is 4. The van der Waals surface area contributed by atoms with Gasteiger partial charge in [0.1, 0.15) is 5.75 Å². The molecule has 2 aromatic rings. The van der Waals surface area contributed by atoms with Gasteiger partial charge in [-0.1, -0.05) is 0 Å². The van der Waals surface area contributed by atoms with Gasteiger partial charge in [-0.15, -0.1) is 0 Å². The lowest BCUT2D eigenvalue weighted by molar-refractivity contribution is 0.469. The van der Waals surface area contributed by atoms with Crippen molar-refractivity contribution < 1.29 is 13.5 Å². The Morgan fingerprint density at radius 2 is 1.88 bits per heavy atom. The first-order valence-electron chi connectivity index (χ1n) is 8.15. The van der Waals surface area contributed by atoms with Gasteiger partial charge < -0.3 is 10.4 Å². The first-order valence-corrected chi connectivity index (χ1v) is 12.2. The third-order valence-electron chi connectivity index (χ3n) is 4.49. The highest BCUT2D eigenvalue weighted by molar-refractivity contribution is 14.1. The Bertz CT molecular complexity index is 938. The van der Waals surface area contributed by atoms with Crippen LogP contribution in [0, 0.1) is 14.1 Å². The van der Waals surface area contributed by atoms with Crippen LogP contribution < -0.4 is 10.0 Å². The third-order valence-corrected chi connectivity index (χ3v) is 7.33. The van der Waals surface area contributed by atoms with Crippen LogP contribution in [0.15, 0.2) is 24.3 Å². The van der Waals surface area contributed by atoms with Gasteiger partial charge in [-0.3, -0.25) is 4.72 Å². The molecule has 0 spiro atoms. The second-order valence-corrected chi connectivity index (χ2v) is 10.7. The molecule has 1 heterocycles. The van der Waals surface area contributed by atoms with Gasteiger partial charge >= 0.3 is 0 Å². The van der Waals surface area contributed by atoms with E-state index < -0.39 is 10.0 Å². The van der Waals surface area contributed by atoms with Gasteiger partial charge in [-0.25, -0.2) is 8.42 Å². The molecule has 3 rings (SSSR count). The predicted octanol–water partition coefficient (Wildman–Crippen LogP) is 3.71. The molecule has 1 atom stereocenters. The zero-order valence-corrected chi connectivity index (χ0v) is 19.6. The van der Waals surface area contributed by atoms with Crippen molar-refractivity contribution >= 4 is 60.9 Å². The topological polar surface area (TPSA) is 78.4 Å². The summed E-state index contributed by atoms with van der Waals surface area (Å²) in [5, 5.41) is 13.7. The summed E-state index contributed by atoms with van der Waals surface area (Å²) in [6, 6.07) is 7.91. The van der Waals surface area contributed by atoms with Crippen molar-refractivity contribution in [2.75, 3.05) is 17.5 Å². The summed E-state index contributed by atoms with van der Waals surface area (Å²) < 4.78 is 28.0. The van der Waals surface area contributed by atoms with Crippen LogP contribution in [0.3, 0.4) is 0 Å². The molecule has 1 unspecified atom stereocenters. The van der Waals surface area contributed by atoms with Crippen molar-refractivity contribution in [2.24, 2.45) is 0 Å². The van der Waals surface area contributed by atoms with E-state index in [1.54, 1.807) is 12.1 Å². The first kappa shape index (κ1) is 20.2. The molecule has 0 fully saturated rings. The van der Waals surface area contributed by atoms with Gasteiger partial charge in [0.25, 0.3) is 0 Å². The van der Waals surface area contributed by atoms with E-state index in [1.165, 1.54) is 18.3 Å². The fraction of sp³-hybridized carbons (Fsp3) is 0.333. The van der Waals surface area contributed by atoms with E-state index in [0.29, 0.717) is 0 Å². The Labute approximate surface area is 181 Å². The Morgan fingerprint density at radius 1 is 1.23 bits per heavy atom. The van der Waals surface area contributed by atoms with E-state index in [4.69, 9.17) is 0 Å². The summed E-state index contributed by atoms with van der Waals surface area (Å²) in [5.74, 6) is -0.0331. The Morgan fingerprint density at radius 3 is 2.50 bits per heavy atom. The number of phenolic OH excluding ortho intramolecular Hbond substituents is 1. The molecule has 2 aromatic carbocycles. The number of anilines is 1. The second kappa shape index (κ2) is 7.80. The monoisotopic (exact) mass is 598 g/mol. The maximum absolute atomic E-state index is 11.6. The van der Waals surface area contributed by atoms with Gasteiger partial charge in [-0.05, 0) is 118 Å². The summed E-state index contributed by atoms with van der Waals surface area (Å²) in [6.07, 6.45) is 2.70. The van der Waals surface area contributed by atoms with Crippen LogP contribution in [0.25, 0.3) is 0 Å². The van der Waals surface area contributed by atoms with Crippen molar-refractivity contribution in [1.29, 1.82) is 0 Å². The molecule has 0 aromatic heterocycles. The average Bonchev–Trinajstić information content (AvgIpc) is 2.52. The van der Waals surface area contributed by atoms with Crippen LogP contribution >= 0.6 is 45.2 Å². The molecule has 5 nitrogen and oxygen atoms in total. The molecule has 0 amide bonds. The lowest BCUT2D eigenvalue weighted by atomic mass is 9.89. The van der Waals surface area contributed by atoms with Crippen LogP contribution in [-0.2, 0) is 22.9 Å². The summed E-state index contributed by atoms with van der Waals surface area (Å²) in [6.45, 7) is 2.95. The van der Waals surface area contributed by atoms with E-state index in [2.05, 4.69) is 74.3 Å². The lowest BCUT2D eigenvalue weighted by Crippen LogP contribution is -2.31. The molecule has 3 N–H and O–H groups in total. The Hall–Kier alpha value is -0.590. The number of halogens is 2. The number of rotatable bonds is 4. The highest BCUT2D eigenvalue weighted by Crippen LogP contribution is 2.35. The molecule has 26 heavy (non-hydrogen) atoms. The molecule has 8 heteroatoms. The van der Waals surface area contributed by atoms with Gasteiger partial charge in [-0.2, -0.15) is 0 Å². The third kappa shape index (κ3) is 4.63. The van der Waals surface area contributed by atoms with Crippen molar-refractivity contribution in [3.05, 3.63) is 53.7 Å². The molecular formula is C18H20I2N2O3S. The number of benzene rings is 2. The summed E-state index contributed by atoms with van der Waals surface area (Å²) in [5.41, 5.74) is 4.84. The van der Waals surface area contributed by atoms with Crippen LogP contribution in [-0.4, -0.2) is 26.3 Å². The number of hydrogen-bond donors (Lipinski definition) is 3. The molecule has 0 bridgehead atoms. The minimum atomic E-state index is -3.45. The minimum Gasteiger partial charge on any atom is -0.506 e. The molecule has 1 aliphatic rings. The van der Waals surface area contributed by atoms with E-state index in [-0.39, 0.29) is 17.5 Å². The summed E-state index contributed by atoms with van der Waals surface area (Å²) >= 11 is 4.72. The Balaban J connectivity index is 1.96. The van der Waals surface area contributed by atoms with Gasteiger partial charge in [0.05, 0.1) is 11.9 Å². The first-order chi connectivity index (χ1) is 12.1. The van der Waals surface area contributed by atoms with Gasteiger partial charge in [0.15, 0.2) is 0 Å².